The lowest BCUT2D eigenvalue weighted by Crippen LogP contribution is -2.51. The Labute approximate surface area is 148 Å². The molecule has 8 nitrogen and oxygen atoms in total. The fourth-order valence-electron chi connectivity index (χ4n) is 3.32. The zero-order valence-corrected chi connectivity index (χ0v) is 14.8. The summed E-state index contributed by atoms with van der Waals surface area (Å²) < 4.78 is 52.6. The molecule has 2 aromatic rings. The molecule has 0 radical (unpaired) electrons. The number of fused-ring (bicyclic) bond motifs is 1. The third-order valence-corrected chi connectivity index (χ3v) is 6.21. The second kappa shape index (κ2) is 5.83. The summed E-state index contributed by atoms with van der Waals surface area (Å²) >= 11 is 0. The number of piperidine rings is 1. The van der Waals surface area contributed by atoms with E-state index in [9.17, 15) is 22.3 Å². The van der Waals surface area contributed by atoms with Gasteiger partial charge in [-0.1, -0.05) is 0 Å². The second-order valence-corrected chi connectivity index (χ2v) is 8.90. The normalized spacial score (nSPS) is 29.0. The summed E-state index contributed by atoms with van der Waals surface area (Å²) in [5.74, 6) is -3.33. The van der Waals surface area contributed by atoms with Crippen molar-refractivity contribution >= 4 is 21.5 Å². The summed E-state index contributed by atoms with van der Waals surface area (Å²) in [6.07, 6.45) is 1.90. The fraction of sp³-hybridized carbons (Fsp3) is 0.600. The van der Waals surface area contributed by atoms with Crippen LogP contribution in [-0.4, -0.2) is 69.8 Å². The van der Waals surface area contributed by atoms with E-state index in [0.29, 0.717) is 17.6 Å². The molecule has 0 bridgehead atoms. The van der Waals surface area contributed by atoms with Crippen LogP contribution >= 0.6 is 0 Å². The van der Waals surface area contributed by atoms with Gasteiger partial charge in [-0.15, -0.1) is 5.10 Å². The van der Waals surface area contributed by atoms with Crippen molar-refractivity contribution in [1.82, 2.24) is 18.9 Å². The van der Waals surface area contributed by atoms with Crippen LogP contribution < -0.4 is 5.32 Å². The Morgan fingerprint density at radius 3 is 2.73 bits per heavy atom. The topological polar surface area (TPSA) is 99.8 Å². The first kappa shape index (κ1) is 17.6. The molecule has 1 aliphatic heterocycles. The Morgan fingerprint density at radius 2 is 2.12 bits per heavy atom. The number of hydrogen-bond donors (Lipinski definition) is 2. The minimum Gasteiger partial charge on any atom is -0.390 e. The number of β-amino-alcohol motifs (C(OH)–C–C–N with tert-alkyl or cyclic N) is 1. The molecule has 0 amide bonds. The van der Waals surface area contributed by atoms with E-state index in [1.54, 1.807) is 12.1 Å². The molecule has 2 aromatic heterocycles. The third kappa shape index (κ3) is 3.14. The van der Waals surface area contributed by atoms with Crippen LogP contribution in [0.5, 0.6) is 0 Å². The Morgan fingerprint density at radius 1 is 1.38 bits per heavy atom. The highest BCUT2D eigenvalue weighted by Gasteiger charge is 2.58. The van der Waals surface area contributed by atoms with Gasteiger partial charge < -0.3 is 10.4 Å². The largest absolute Gasteiger partial charge is 0.390 e. The number of aliphatic hydroxyl groups excluding tert-OH is 1. The van der Waals surface area contributed by atoms with Crippen molar-refractivity contribution in [3.63, 3.8) is 0 Å². The molecule has 4 rings (SSSR count). The van der Waals surface area contributed by atoms with Gasteiger partial charge in [0.15, 0.2) is 0 Å². The minimum atomic E-state index is -3.36. The average Bonchev–Trinajstić information content (AvgIpc) is 3.00. The Bertz CT molecular complexity index is 948. The van der Waals surface area contributed by atoms with E-state index in [4.69, 9.17) is 0 Å². The summed E-state index contributed by atoms with van der Waals surface area (Å²) in [7, 11) is -3.36. The second-order valence-electron chi connectivity index (χ2n) is 6.92. The summed E-state index contributed by atoms with van der Waals surface area (Å²) in [5.41, 5.74) is 1.04. The molecule has 3 atom stereocenters. The fourth-order valence-corrected chi connectivity index (χ4v) is 4.18. The SMILES string of the molecule is CS(=O)(=O)N1CC[C@@H](Nc2ncc3ccc(C4CC4(F)F)n3n2)[C@H](O)C1. The molecule has 2 aliphatic rings. The van der Waals surface area contributed by atoms with Crippen LogP contribution in [0.3, 0.4) is 0 Å². The molecule has 1 saturated carbocycles. The molecule has 142 valence electrons. The zero-order valence-electron chi connectivity index (χ0n) is 14.0. The van der Waals surface area contributed by atoms with Crippen molar-refractivity contribution in [3.05, 3.63) is 24.0 Å². The Hall–Kier alpha value is -1.85. The van der Waals surface area contributed by atoms with E-state index in [0.717, 1.165) is 6.26 Å². The van der Waals surface area contributed by atoms with Gasteiger partial charge in [-0.05, 0) is 18.6 Å². The maximum absolute atomic E-state index is 13.4. The lowest BCUT2D eigenvalue weighted by molar-refractivity contribution is 0.0950. The highest BCUT2D eigenvalue weighted by atomic mass is 32.2. The molecule has 0 aromatic carbocycles. The maximum Gasteiger partial charge on any atom is 0.257 e. The number of sulfonamides is 1. The zero-order chi connectivity index (χ0) is 18.7. The smallest absolute Gasteiger partial charge is 0.257 e. The maximum atomic E-state index is 13.4. The summed E-state index contributed by atoms with van der Waals surface area (Å²) in [6, 6.07) is 2.89. The van der Waals surface area contributed by atoms with Crippen LogP contribution in [0.4, 0.5) is 14.7 Å². The number of nitrogens with zero attached hydrogens (tertiary/aromatic N) is 4. The Kier molecular flexibility index (Phi) is 3.93. The van der Waals surface area contributed by atoms with Crippen LogP contribution in [0.25, 0.3) is 5.52 Å². The predicted octanol–water partition coefficient (Wildman–Crippen LogP) is 0.659. The Balaban J connectivity index is 1.52. The standard InChI is InChI=1S/C15H19F2N5O3S/c1-26(24,25)21-5-4-11(13(23)8-21)19-14-18-7-9-2-3-12(22(9)20-14)10-6-15(10,16)17/h2-3,7,10-11,13,23H,4-6,8H2,1H3,(H,19,20)/t10?,11-,13-/m1/s1. The number of hydrogen-bond acceptors (Lipinski definition) is 6. The predicted molar refractivity (Wildman–Crippen MR) is 89.7 cm³/mol. The molecular formula is C15H19F2N5O3S. The van der Waals surface area contributed by atoms with Crippen LogP contribution in [0.15, 0.2) is 18.3 Å². The first-order valence-electron chi connectivity index (χ1n) is 8.27. The average molecular weight is 387 g/mol. The van der Waals surface area contributed by atoms with Crippen LogP contribution in [0.2, 0.25) is 0 Å². The molecule has 3 heterocycles. The summed E-state index contributed by atoms with van der Waals surface area (Å²) in [4.78, 5) is 4.16. The van der Waals surface area contributed by atoms with Gasteiger partial charge in [0.2, 0.25) is 16.0 Å². The van der Waals surface area contributed by atoms with Crippen molar-refractivity contribution < 1.29 is 22.3 Å². The summed E-state index contributed by atoms with van der Waals surface area (Å²) in [5, 5.41) is 17.5. The molecule has 2 fully saturated rings. The molecule has 2 N–H and O–H groups in total. The first-order valence-corrected chi connectivity index (χ1v) is 10.1. The first-order chi connectivity index (χ1) is 12.1. The molecule has 1 unspecified atom stereocenters. The van der Waals surface area contributed by atoms with Gasteiger partial charge in [0.1, 0.15) is 0 Å². The highest BCUT2D eigenvalue weighted by molar-refractivity contribution is 7.88. The number of anilines is 1. The molecule has 1 aliphatic carbocycles. The number of nitrogens with one attached hydrogen (secondary N) is 1. The molecule has 11 heteroatoms. The van der Waals surface area contributed by atoms with Gasteiger partial charge in [-0.3, -0.25) is 0 Å². The van der Waals surface area contributed by atoms with E-state index < -0.39 is 34.0 Å². The number of halogens is 2. The van der Waals surface area contributed by atoms with Gasteiger partial charge in [-0.25, -0.2) is 26.7 Å². The van der Waals surface area contributed by atoms with Crippen molar-refractivity contribution in [2.24, 2.45) is 0 Å². The van der Waals surface area contributed by atoms with E-state index in [1.165, 1.54) is 15.0 Å². The van der Waals surface area contributed by atoms with Gasteiger partial charge in [0.05, 0.1) is 41.7 Å². The van der Waals surface area contributed by atoms with Crippen molar-refractivity contribution in [3.8, 4) is 0 Å². The quantitative estimate of drug-likeness (QED) is 0.800. The van der Waals surface area contributed by atoms with E-state index in [-0.39, 0.29) is 25.5 Å². The lowest BCUT2D eigenvalue weighted by atomic mass is 10.0. The van der Waals surface area contributed by atoms with Gasteiger partial charge in [0.25, 0.3) is 5.92 Å². The summed E-state index contributed by atoms with van der Waals surface area (Å²) in [6.45, 7) is 0.265. The number of aliphatic hydroxyl groups is 1. The number of alkyl halides is 2. The van der Waals surface area contributed by atoms with Crippen molar-refractivity contribution in [2.45, 2.75) is 36.8 Å². The van der Waals surface area contributed by atoms with Gasteiger partial charge >= 0.3 is 0 Å². The molecule has 26 heavy (non-hydrogen) atoms. The van der Waals surface area contributed by atoms with Crippen LogP contribution in [0.1, 0.15) is 24.5 Å². The molecular weight excluding hydrogens is 368 g/mol. The van der Waals surface area contributed by atoms with E-state index in [2.05, 4.69) is 15.4 Å². The van der Waals surface area contributed by atoms with Crippen LogP contribution in [-0.2, 0) is 10.0 Å². The van der Waals surface area contributed by atoms with Crippen LogP contribution in [0, 0.1) is 0 Å². The van der Waals surface area contributed by atoms with E-state index in [1.807, 2.05) is 0 Å². The van der Waals surface area contributed by atoms with Gasteiger partial charge in [-0.2, -0.15) is 4.31 Å². The minimum absolute atomic E-state index is 0.0121. The monoisotopic (exact) mass is 387 g/mol. The molecule has 1 saturated heterocycles. The number of rotatable bonds is 4. The van der Waals surface area contributed by atoms with Crippen molar-refractivity contribution in [2.75, 3.05) is 24.7 Å². The van der Waals surface area contributed by atoms with E-state index >= 15 is 0 Å². The highest BCUT2D eigenvalue weighted by Crippen LogP contribution is 2.55. The third-order valence-electron chi connectivity index (χ3n) is 4.94. The lowest BCUT2D eigenvalue weighted by Gasteiger charge is -2.34. The number of aromatic nitrogens is 3. The van der Waals surface area contributed by atoms with Crippen molar-refractivity contribution in [1.29, 1.82) is 0 Å². The molecule has 0 spiro atoms. The van der Waals surface area contributed by atoms with Gasteiger partial charge in [0, 0.05) is 19.5 Å².